The lowest BCUT2D eigenvalue weighted by Crippen LogP contribution is -2.42. The van der Waals surface area contributed by atoms with Gasteiger partial charge in [-0.2, -0.15) is 0 Å². The lowest BCUT2D eigenvalue weighted by atomic mass is 9.98. The van der Waals surface area contributed by atoms with Gasteiger partial charge in [-0.15, -0.1) is 0 Å². The standard InChI is InChI=1S/C19H33NO6S/c1-19(2,3)26-18(22)20-11-8-15(9-12-20)14-25-17(21)10-13-27(23,24)16-6-4-5-7-16/h15-16H,4-14H2,1-3H3. The van der Waals surface area contributed by atoms with Crippen LogP contribution in [0.25, 0.3) is 0 Å². The smallest absolute Gasteiger partial charge is 0.410 e. The first kappa shape index (κ1) is 22.0. The third-order valence-electron chi connectivity index (χ3n) is 5.15. The van der Waals surface area contributed by atoms with Crippen LogP contribution in [0.5, 0.6) is 0 Å². The Morgan fingerprint density at radius 3 is 2.19 bits per heavy atom. The molecule has 2 rings (SSSR count). The maximum Gasteiger partial charge on any atom is 0.410 e. The first-order valence-electron chi connectivity index (χ1n) is 9.92. The average molecular weight is 404 g/mol. The van der Waals surface area contributed by atoms with Crippen molar-refractivity contribution in [2.24, 2.45) is 5.92 Å². The van der Waals surface area contributed by atoms with Gasteiger partial charge in [-0.3, -0.25) is 4.79 Å². The number of esters is 1. The zero-order valence-electron chi connectivity index (χ0n) is 16.7. The Labute approximate surface area is 162 Å². The second-order valence-corrected chi connectivity index (χ2v) is 11.0. The van der Waals surface area contributed by atoms with Gasteiger partial charge in [0.1, 0.15) is 5.60 Å². The number of hydrogen-bond acceptors (Lipinski definition) is 6. The van der Waals surface area contributed by atoms with Gasteiger partial charge in [-0.25, -0.2) is 13.2 Å². The third kappa shape index (κ3) is 7.31. The summed E-state index contributed by atoms with van der Waals surface area (Å²) in [6, 6.07) is 0. The number of likely N-dealkylation sites (tertiary alicyclic amines) is 1. The highest BCUT2D eigenvalue weighted by atomic mass is 32.2. The van der Waals surface area contributed by atoms with Crippen LogP contribution in [0.2, 0.25) is 0 Å². The number of amides is 1. The van der Waals surface area contributed by atoms with E-state index in [1.807, 2.05) is 20.8 Å². The SMILES string of the molecule is CC(C)(C)OC(=O)N1CCC(COC(=O)CCS(=O)(=O)C2CCCC2)CC1. The zero-order valence-corrected chi connectivity index (χ0v) is 17.6. The van der Waals surface area contributed by atoms with E-state index in [-0.39, 0.29) is 36.0 Å². The van der Waals surface area contributed by atoms with E-state index in [4.69, 9.17) is 9.47 Å². The number of carbonyl (C=O) groups excluding carboxylic acids is 2. The Bertz CT molecular complexity index is 611. The summed E-state index contributed by atoms with van der Waals surface area (Å²) in [5, 5.41) is -0.275. The van der Waals surface area contributed by atoms with Crippen molar-refractivity contribution in [3.8, 4) is 0 Å². The minimum atomic E-state index is -3.19. The van der Waals surface area contributed by atoms with E-state index in [0.717, 1.165) is 25.7 Å². The molecule has 1 saturated carbocycles. The lowest BCUT2D eigenvalue weighted by molar-refractivity contribution is -0.145. The van der Waals surface area contributed by atoms with Crippen molar-refractivity contribution in [1.82, 2.24) is 4.90 Å². The molecule has 7 nitrogen and oxygen atoms in total. The maximum absolute atomic E-state index is 12.2. The van der Waals surface area contributed by atoms with Crippen LogP contribution in [0.15, 0.2) is 0 Å². The average Bonchev–Trinajstić information content (AvgIpc) is 3.13. The van der Waals surface area contributed by atoms with Crippen LogP contribution >= 0.6 is 0 Å². The molecule has 0 aromatic heterocycles. The molecule has 0 unspecified atom stereocenters. The third-order valence-corrected chi connectivity index (χ3v) is 7.41. The molecule has 0 aromatic carbocycles. The van der Waals surface area contributed by atoms with E-state index in [1.165, 1.54) is 0 Å². The molecular formula is C19H33NO6S. The number of ether oxygens (including phenoxy) is 2. The van der Waals surface area contributed by atoms with Crippen LogP contribution in [0.1, 0.15) is 65.7 Å². The molecule has 1 aliphatic heterocycles. The van der Waals surface area contributed by atoms with Crippen LogP contribution in [-0.2, 0) is 24.1 Å². The second kappa shape index (κ2) is 9.26. The summed E-state index contributed by atoms with van der Waals surface area (Å²) in [6.07, 6.45) is 4.44. The highest BCUT2D eigenvalue weighted by Crippen LogP contribution is 2.25. The molecule has 27 heavy (non-hydrogen) atoms. The monoisotopic (exact) mass is 403 g/mol. The van der Waals surface area contributed by atoms with Crippen molar-refractivity contribution in [1.29, 1.82) is 0 Å². The quantitative estimate of drug-likeness (QED) is 0.634. The largest absolute Gasteiger partial charge is 0.465 e. The molecular weight excluding hydrogens is 370 g/mol. The van der Waals surface area contributed by atoms with Crippen LogP contribution in [0.3, 0.4) is 0 Å². The fraction of sp³-hybridized carbons (Fsp3) is 0.895. The van der Waals surface area contributed by atoms with Crippen molar-refractivity contribution in [3.05, 3.63) is 0 Å². The van der Waals surface area contributed by atoms with Gasteiger partial charge < -0.3 is 14.4 Å². The Kier molecular flexibility index (Phi) is 7.54. The van der Waals surface area contributed by atoms with E-state index in [9.17, 15) is 18.0 Å². The molecule has 8 heteroatoms. The number of piperidine rings is 1. The molecule has 0 N–H and O–H groups in total. The number of rotatable bonds is 6. The molecule has 156 valence electrons. The van der Waals surface area contributed by atoms with Crippen molar-refractivity contribution < 1.29 is 27.5 Å². The predicted octanol–water partition coefficient (Wildman–Crippen LogP) is 2.92. The molecule has 2 fully saturated rings. The van der Waals surface area contributed by atoms with Gasteiger partial charge in [0.05, 0.1) is 24.0 Å². The second-order valence-electron chi connectivity index (χ2n) is 8.62. The van der Waals surface area contributed by atoms with Gasteiger partial charge in [-0.05, 0) is 52.4 Å². The van der Waals surface area contributed by atoms with Gasteiger partial charge in [0.15, 0.2) is 9.84 Å². The molecule has 0 radical (unpaired) electrons. The Morgan fingerprint density at radius 2 is 1.63 bits per heavy atom. The number of carbonyl (C=O) groups is 2. The van der Waals surface area contributed by atoms with Crippen molar-refractivity contribution >= 4 is 21.9 Å². The van der Waals surface area contributed by atoms with Crippen molar-refractivity contribution in [2.45, 2.75) is 76.6 Å². The van der Waals surface area contributed by atoms with Crippen LogP contribution < -0.4 is 0 Å². The summed E-state index contributed by atoms with van der Waals surface area (Å²) in [5.41, 5.74) is -0.512. The summed E-state index contributed by atoms with van der Waals surface area (Å²) in [5.74, 6) is -0.377. The molecule has 2 aliphatic rings. The van der Waals surface area contributed by atoms with Gasteiger partial charge in [0, 0.05) is 13.1 Å². The molecule has 1 aliphatic carbocycles. The Hall–Kier alpha value is -1.31. The predicted molar refractivity (Wildman–Crippen MR) is 102 cm³/mol. The van der Waals surface area contributed by atoms with E-state index in [2.05, 4.69) is 0 Å². The Morgan fingerprint density at radius 1 is 1.04 bits per heavy atom. The molecule has 0 aromatic rings. The Balaban J connectivity index is 1.64. The van der Waals surface area contributed by atoms with E-state index in [0.29, 0.717) is 25.9 Å². The molecule has 1 amide bonds. The zero-order chi connectivity index (χ0) is 20.1. The molecule has 0 bridgehead atoms. The lowest BCUT2D eigenvalue weighted by Gasteiger charge is -2.33. The topological polar surface area (TPSA) is 90.0 Å². The van der Waals surface area contributed by atoms with Crippen molar-refractivity contribution in [3.63, 3.8) is 0 Å². The molecule has 0 atom stereocenters. The number of sulfone groups is 1. The minimum Gasteiger partial charge on any atom is -0.465 e. The summed E-state index contributed by atoms with van der Waals surface area (Å²) in [7, 11) is -3.19. The highest BCUT2D eigenvalue weighted by Gasteiger charge is 2.30. The first-order valence-corrected chi connectivity index (χ1v) is 11.6. The number of hydrogen-bond donors (Lipinski definition) is 0. The van der Waals surface area contributed by atoms with Gasteiger partial charge >= 0.3 is 12.1 Å². The fourth-order valence-electron chi connectivity index (χ4n) is 3.53. The minimum absolute atomic E-state index is 0.0738. The first-order chi connectivity index (χ1) is 12.6. The van der Waals surface area contributed by atoms with Crippen molar-refractivity contribution in [2.75, 3.05) is 25.4 Å². The van der Waals surface area contributed by atoms with Crippen LogP contribution in [-0.4, -0.2) is 61.7 Å². The van der Waals surface area contributed by atoms with E-state index in [1.54, 1.807) is 4.90 Å². The van der Waals surface area contributed by atoms with E-state index < -0.39 is 21.4 Å². The van der Waals surface area contributed by atoms with Gasteiger partial charge in [-0.1, -0.05) is 12.8 Å². The molecule has 0 spiro atoms. The molecule has 1 saturated heterocycles. The van der Waals surface area contributed by atoms with Gasteiger partial charge in [0.2, 0.25) is 0 Å². The summed E-state index contributed by atoms with van der Waals surface area (Å²) in [4.78, 5) is 25.6. The fourth-order valence-corrected chi connectivity index (χ4v) is 5.37. The summed E-state index contributed by atoms with van der Waals surface area (Å²) < 4.78 is 35.0. The number of nitrogens with zero attached hydrogens (tertiary/aromatic N) is 1. The summed E-state index contributed by atoms with van der Waals surface area (Å²) in [6.45, 7) is 6.95. The summed E-state index contributed by atoms with van der Waals surface area (Å²) >= 11 is 0. The van der Waals surface area contributed by atoms with Gasteiger partial charge in [0.25, 0.3) is 0 Å². The normalized spacial score (nSPS) is 19.9. The maximum atomic E-state index is 12.2. The molecule has 1 heterocycles. The van der Waals surface area contributed by atoms with Crippen LogP contribution in [0, 0.1) is 5.92 Å². The van der Waals surface area contributed by atoms with Crippen LogP contribution in [0.4, 0.5) is 4.79 Å². The highest BCUT2D eigenvalue weighted by molar-refractivity contribution is 7.92. The van der Waals surface area contributed by atoms with E-state index >= 15 is 0 Å².